The van der Waals surface area contributed by atoms with Crippen LogP contribution >= 0.6 is 0 Å². The predicted octanol–water partition coefficient (Wildman–Crippen LogP) is 1.69. The molecule has 20 heavy (non-hydrogen) atoms. The van der Waals surface area contributed by atoms with E-state index >= 15 is 0 Å². The maximum absolute atomic E-state index is 13.0. The summed E-state index contributed by atoms with van der Waals surface area (Å²) >= 11 is 0. The van der Waals surface area contributed by atoms with Gasteiger partial charge in [0.1, 0.15) is 5.82 Å². The summed E-state index contributed by atoms with van der Waals surface area (Å²) in [5.41, 5.74) is -0.623. The van der Waals surface area contributed by atoms with Gasteiger partial charge in [0.05, 0.1) is 29.7 Å². The van der Waals surface area contributed by atoms with Gasteiger partial charge in [-0.15, -0.1) is 0 Å². The molecule has 1 rings (SSSR count). The second-order valence-electron chi connectivity index (χ2n) is 4.34. The molecule has 0 amide bonds. The number of hydrogen-bond acceptors (Lipinski definition) is 4. The van der Waals surface area contributed by atoms with Gasteiger partial charge in [0.2, 0.25) is 10.0 Å². The van der Waals surface area contributed by atoms with Crippen molar-refractivity contribution in [2.75, 3.05) is 17.1 Å². The van der Waals surface area contributed by atoms with E-state index in [-0.39, 0.29) is 24.2 Å². The van der Waals surface area contributed by atoms with E-state index in [1.165, 1.54) is 0 Å². The number of rotatable bonds is 7. The maximum Gasteiger partial charge on any atom is 0.337 e. The first-order valence-electron chi connectivity index (χ1n) is 5.86. The fraction of sp³-hybridized carbons (Fsp3) is 0.417. The Morgan fingerprint density at radius 3 is 2.65 bits per heavy atom. The fourth-order valence-electron chi connectivity index (χ4n) is 1.39. The Kier molecular flexibility index (Phi) is 5.46. The van der Waals surface area contributed by atoms with Crippen molar-refractivity contribution < 1.29 is 27.4 Å². The van der Waals surface area contributed by atoms with E-state index in [1.54, 1.807) is 13.8 Å². The largest absolute Gasteiger partial charge is 0.478 e. The lowest BCUT2D eigenvalue weighted by Gasteiger charge is -2.12. The van der Waals surface area contributed by atoms with Crippen LogP contribution in [0.25, 0.3) is 0 Å². The molecule has 0 bridgehead atoms. The number of benzene rings is 1. The van der Waals surface area contributed by atoms with Gasteiger partial charge in [-0.25, -0.2) is 17.6 Å². The molecule has 112 valence electrons. The van der Waals surface area contributed by atoms with Crippen LogP contribution in [-0.4, -0.2) is 38.0 Å². The summed E-state index contributed by atoms with van der Waals surface area (Å²) in [7, 11) is -3.76. The first-order chi connectivity index (χ1) is 9.21. The lowest BCUT2D eigenvalue weighted by Crippen LogP contribution is -2.22. The highest BCUT2D eigenvalue weighted by Crippen LogP contribution is 2.18. The van der Waals surface area contributed by atoms with Crippen LogP contribution in [0.2, 0.25) is 0 Å². The number of anilines is 1. The van der Waals surface area contributed by atoms with Crippen molar-refractivity contribution in [2.45, 2.75) is 20.0 Å². The van der Waals surface area contributed by atoms with Crippen LogP contribution < -0.4 is 4.72 Å². The summed E-state index contributed by atoms with van der Waals surface area (Å²) < 4.78 is 43.7. The summed E-state index contributed by atoms with van der Waals surface area (Å²) in [5.74, 6) is -2.49. The van der Waals surface area contributed by atoms with E-state index in [2.05, 4.69) is 4.72 Å². The van der Waals surface area contributed by atoms with Gasteiger partial charge in [-0.2, -0.15) is 0 Å². The lowest BCUT2D eigenvalue weighted by molar-refractivity contribution is 0.0697. The first-order valence-corrected chi connectivity index (χ1v) is 7.51. The Bertz CT molecular complexity index is 586. The molecule has 0 unspecified atom stereocenters. The molecule has 0 aliphatic rings. The van der Waals surface area contributed by atoms with E-state index in [0.29, 0.717) is 0 Å². The van der Waals surface area contributed by atoms with E-state index in [0.717, 1.165) is 18.2 Å². The number of ether oxygens (including phenoxy) is 1. The SMILES string of the molecule is CC(C)OCCS(=O)(=O)Nc1ccc(F)cc1C(=O)O. The van der Waals surface area contributed by atoms with Crippen LogP contribution in [0.4, 0.5) is 10.1 Å². The molecule has 6 nitrogen and oxygen atoms in total. The summed E-state index contributed by atoms with van der Waals surface area (Å²) in [6.07, 6.45) is -0.106. The molecular formula is C12H16FNO5S. The van der Waals surface area contributed by atoms with Crippen molar-refractivity contribution in [3.63, 3.8) is 0 Å². The second-order valence-corrected chi connectivity index (χ2v) is 6.18. The summed E-state index contributed by atoms with van der Waals surface area (Å²) in [4.78, 5) is 10.9. The van der Waals surface area contributed by atoms with E-state index in [4.69, 9.17) is 9.84 Å². The van der Waals surface area contributed by atoms with Crippen molar-refractivity contribution in [2.24, 2.45) is 0 Å². The number of aromatic carboxylic acids is 1. The van der Waals surface area contributed by atoms with Crippen molar-refractivity contribution >= 4 is 21.7 Å². The molecule has 1 aromatic carbocycles. The first kappa shape index (κ1) is 16.4. The minimum atomic E-state index is -3.76. The van der Waals surface area contributed by atoms with Crippen LogP contribution in [-0.2, 0) is 14.8 Å². The van der Waals surface area contributed by atoms with Crippen LogP contribution in [0.1, 0.15) is 24.2 Å². The average Bonchev–Trinajstić information content (AvgIpc) is 2.30. The van der Waals surface area contributed by atoms with Crippen molar-refractivity contribution in [1.29, 1.82) is 0 Å². The Morgan fingerprint density at radius 1 is 1.45 bits per heavy atom. The Hall–Kier alpha value is -1.67. The number of sulfonamides is 1. The van der Waals surface area contributed by atoms with Crippen LogP contribution in [0.3, 0.4) is 0 Å². The van der Waals surface area contributed by atoms with Gasteiger partial charge >= 0.3 is 5.97 Å². The number of hydrogen-bond donors (Lipinski definition) is 2. The molecule has 0 aliphatic heterocycles. The topological polar surface area (TPSA) is 92.7 Å². The van der Waals surface area contributed by atoms with E-state index in [1.807, 2.05) is 0 Å². The molecule has 0 heterocycles. The highest BCUT2D eigenvalue weighted by Gasteiger charge is 2.17. The van der Waals surface area contributed by atoms with E-state index in [9.17, 15) is 17.6 Å². The molecular weight excluding hydrogens is 289 g/mol. The van der Waals surface area contributed by atoms with Crippen LogP contribution in [0.5, 0.6) is 0 Å². The van der Waals surface area contributed by atoms with Crippen molar-refractivity contribution in [3.8, 4) is 0 Å². The van der Waals surface area contributed by atoms with Crippen molar-refractivity contribution in [3.05, 3.63) is 29.6 Å². The monoisotopic (exact) mass is 305 g/mol. The molecule has 0 atom stereocenters. The highest BCUT2D eigenvalue weighted by atomic mass is 32.2. The van der Waals surface area contributed by atoms with Gasteiger partial charge in [-0.05, 0) is 32.0 Å². The Morgan fingerprint density at radius 2 is 2.10 bits per heavy atom. The van der Waals surface area contributed by atoms with Gasteiger partial charge in [0.15, 0.2) is 0 Å². The molecule has 2 N–H and O–H groups in total. The molecule has 0 spiro atoms. The third kappa shape index (κ3) is 5.14. The smallest absolute Gasteiger partial charge is 0.337 e. The number of carbonyl (C=O) groups is 1. The van der Waals surface area contributed by atoms with Crippen LogP contribution in [0, 0.1) is 5.82 Å². The Balaban J connectivity index is 2.84. The maximum atomic E-state index is 13.0. The zero-order valence-corrected chi connectivity index (χ0v) is 11.9. The molecule has 0 aliphatic carbocycles. The molecule has 8 heteroatoms. The zero-order valence-electron chi connectivity index (χ0n) is 11.1. The average molecular weight is 305 g/mol. The number of carboxylic acids is 1. The molecule has 1 aromatic rings. The zero-order chi connectivity index (χ0) is 15.3. The highest BCUT2D eigenvalue weighted by molar-refractivity contribution is 7.92. The van der Waals surface area contributed by atoms with E-state index < -0.39 is 27.4 Å². The number of halogens is 1. The predicted molar refractivity (Wildman–Crippen MR) is 71.9 cm³/mol. The fourth-order valence-corrected chi connectivity index (χ4v) is 2.33. The lowest BCUT2D eigenvalue weighted by atomic mass is 10.2. The standard InChI is InChI=1S/C12H16FNO5S/c1-8(2)19-5-6-20(17,18)14-11-4-3-9(13)7-10(11)12(15)16/h3-4,7-8,14H,5-6H2,1-2H3,(H,15,16). The third-order valence-corrected chi connectivity index (χ3v) is 3.52. The number of nitrogens with one attached hydrogen (secondary N) is 1. The Labute approximate surface area is 116 Å². The van der Waals surface area contributed by atoms with Crippen LogP contribution in [0.15, 0.2) is 18.2 Å². The summed E-state index contributed by atoms with van der Waals surface area (Å²) in [6, 6.07) is 2.80. The normalized spacial score (nSPS) is 11.6. The van der Waals surface area contributed by atoms with Crippen molar-refractivity contribution in [1.82, 2.24) is 0 Å². The summed E-state index contributed by atoms with van der Waals surface area (Å²) in [6.45, 7) is 3.52. The van der Waals surface area contributed by atoms with Gasteiger partial charge < -0.3 is 9.84 Å². The number of carboxylic acid groups (broad SMARTS) is 1. The summed E-state index contributed by atoms with van der Waals surface area (Å²) in [5, 5.41) is 8.91. The minimum absolute atomic E-state index is 0.0173. The second kappa shape index (κ2) is 6.67. The molecule has 0 saturated heterocycles. The van der Waals surface area contributed by atoms with Gasteiger partial charge in [-0.1, -0.05) is 0 Å². The quantitative estimate of drug-likeness (QED) is 0.799. The molecule has 0 aromatic heterocycles. The molecule has 0 fully saturated rings. The minimum Gasteiger partial charge on any atom is -0.478 e. The third-order valence-electron chi connectivity index (χ3n) is 2.28. The molecule has 0 saturated carbocycles. The molecule has 0 radical (unpaired) electrons. The van der Waals surface area contributed by atoms with Gasteiger partial charge in [0, 0.05) is 0 Å². The van der Waals surface area contributed by atoms with Gasteiger partial charge in [0.25, 0.3) is 0 Å². The van der Waals surface area contributed by atoms with Gasteiger partial charge in [-0.3, -0.25) is 4.72 Å².